The van der Waals surface area contributed by atoms with Gasteiger partial charge in [-0.3, -0.25) is 0 Å². The summed E-state index contributed by atoms with van der Waals surface area (Å²) in [5.74, 6) is 0.529. The fourth-order valence-electron chi connectivity index (χ4n) is 2.91. The van der Waals surface area contributed by atoms with Crippen LogP contribution in [0.1, 0.15) is 37.8 Å². The number of hydrogen-bond acceptors (Lipinski definition) is 2. The van der Waals surface area contributed by atoms with Gasteiger partial charge in [-0.1, -0.05) is 38.1 Å². The molecule has 2 N–H and O–H groups in total. The Morgan fingerprint density at radius 3 is 2.50 bits per heavy atom. The lowest BCUT2D eigenvalue weighted by molar-refractivity contribution is 0.0814. The van der Waals surface area contributed by atoms with Gasteiger partial charge in [-0.2, -0.15) is 0 Å². The van der Waals surface area contributed by atoms with E-state index in [1.165, 1.54) is 11.1 Å². The zero-order valence-corrected chi connectivity index (χ0v) is 11.6. The van der Waals surface area contributed by atoms with Gasteiger partial charge in [-0.05, 0) is 36.8 Å². The molecule has 0 bridgehead atoms. The molecular weight excluding hydrogens is 222 g/mol. The minimum atomic E-state index is 0.227. The molecule has 1 fully saturated rings. The van der Waals surface area contributed by atoms with Crippen LogP contribution >= 0.6 is 0 Å². The van der Waals surface area contributed by atoms with Crippen LogP contribution in [0.25, 0.3) is 0 Å². The van der Waals surface area contributed by atoms with Crippen molar-refractivity contribution < 1.29 is 4.74 Å². The Morgan fingerprint density at radius 2 is 1.89 bits per heavy atom. The quantitative estimate of drug-likeness (QED) is 0.868. The van der Waals surface area contributed by atoms with E-state index in [-0.39, 0.29) is 6.04 Å². The summed E-state index contributed by atoms with van der Waals surface area (Å²) in [5.41, 5.74) is 9.11. The van der Waals surface area contributed by atoms with Gasteiger partial charge in [0.25, 0.3) is 0 Å². The third-order valence-corrected chi connectivity index (χ3v) is 4.12. The smallest absolute Gasteiger partial charge is 0.0616 e. The lowest BCUT2D eigenvalue weighted by atomic mass is 9.88. The first-order valence-electron chi connectivity index (χ1n) is 7.19. The molecular formula is C16H25NO. The summed E-state index contributed by atoms with van der Waals surface area (Å²) in [6.45, 7) is 5.25. The maximum absolute atomic E-state index is 6.37. The molecule has 3 unspecified atom stereocenters. The molecule has 2 rings (SSSR count). The molecule has 0 spiro atoms. The van der Waals surface area contributed by atoms with Crippen LogP contribution in [0.15, 0.2) is 24.3 Å². The molecule has 1 heterocycles. The summed E-state index contributed by atoms with van der Waals surface area (Å²) in [6, 6.07) is 9.09. The van der Waals surface area contributed by atoms with Gasteiger partial charge in [0.1, 0.15) is 0 Å². The van der Waals surface area contributed by atoms with E-state index in [4.69, 9.17) is 10.5 Å². The predicted octanol–water partition coefficient (Wildman–Crippen LogP) is 2.93. The molecule has 0 aromatic heterocycles. The van der Waals surface area contributed by atoms with Gasteiger partial charge in [-0.15, -0.1) is 0 Å². The highest BCUT2D eigenvalue weighted by Gasteiger charge is 2.31. The van der Waals surface area contributed by atoms with E-state index in [1.807, 2.05) is 0 Å². The van der Waals surface area contributed by atoms with Crippen LogP contribution < -0.4 is 5.73 Å². The average Bonchev–Trinajstić information content (AvgIpc) is 2.88. The van der Waals surface area contributed by atoms with Crippen molar-refractivity contribution in [1.29, 1.82) is 0 Å². The van der Waals surface area contributed by atoms with Gasteiger partial charge < -0.3 is 10.5 Å². The van der Waals surface area contributed by atoms with E-state index in [9.17, 15) is 0 Å². The molecule has 1 saturated heterocycles. The van der Waals surface area contributed by atoms with Crippen LogP contribution in [0.3, 0.4) is 0 Å². The third-order valence-electron chi connectivity index (χ3n) is 4.12. The maximum atomic E-state index is 6.37. The highest BCUT2D eigenvalue weighted by atomic mass is 16.5. The molecule has 0 saturated carbocycles. The van der Waals surface area contributed by atoms with E-state index in [1.54, 1.807) is 0 Å². The fraction of sp³-hybridized carbons (Fsp3) is 0.625. The number of rotatable bonds is 5. The Kier molecular flexibility index (Phi) is 4.79. The van der Waals surface area contributed by atoms with Gasteiger partial charge in [0, 0.05) is 18.6 Å². The van der Waals surface area contributed by atoms with Crippen molar-refractivity contribution in [3.8, 4) is 0 Å². The van der Waals surface area contributed by atoms with E-state index in [0.29, 0.717) is 12.0 Å². The van der Waals surface area contributed by atoms with E-state index in [0.717, 1.165) is 32.3 Å². The zero-order chi connectivity index (χ0) is 13.0. The summed E-state index contributed by atoms with van der Waals surface area (Å²) >= 11 is 0. The fourth-order valence-corrected chi connectivity index (χ4v) is 2.91. The highest BCUT2D eigenvalue weighted by Crippen LogP contribution is 2.27. The molecule has 1 aliphatic rings. The number of benzene rings is 1. The normalized spacial score (nSPS) is 25.3. The number of aryl methyl sites for hydroxylation is 1. The lowest BCUT2D eigenvalue weighted by Gasteiger charge is -2.23. The van der Waals surface area contributed by atoms with Crippen LogP contribution in [0.4, 0.5) is 0 Å². The molecule has 2 heteroatoms. The average molecular weight is 247 g/mol. The molecule has 3 atom stereocenters. The van der Waals surface area contributed by atoms with Crippen molar-refractivity contribution in [2.75, 3.05) is 6.61 Å². The molecule has 0 radical (unpaired) electrons. The summed E-state index contributed by atoms with van der Waals surface area (Å²) in [4.78, 5) is 0. The van der Waals surface area contributed by atoms with Crippen molar-refractivity contribution in [3.05, 3.63) is 35.4 Å². The summed E-state index contributed by atoms with van der Waals surface area (Å²) in [6.07, 6.45) is 4.63. The van der Waals surface area contributed by atoms with Gasteiger partial charge in [0.15, 0.2) is 0 Å². The number of ether oxygens (including phenoxy) is 1. The Hall–Kier alpha value is -0.860. The Bertz CT molecular complexity index is 360. The Morgan fingerprint density at radius 1 is 1.22 bits per heavy atom. The number of nitrogens with two attached hydrogens (primary N) is 1. The van der Waals surface area contributed by atoms with Crippen molar-refractivity contribution in [1.82, 2.24) is 0 Å². The van der Waals surface area contributed by atoms with E-state index >= 15 is 0 Å². The molecule has 2 nitrogen and oxygen atoms in total. The van der Waals surface area contributed by atoms with Gasteiger partial charge in [0.2, 0.25) is 0 Å². The molecule has 0 amide bonds. The van der Waals surface area contributed by atoms with Crippen LogP contribution in [0.5, 0.6) is 0 Å². The molecule has 1 aromatic rings. The van der Waals surface area contributed by atoms with E-state index in [2.05, 4.69) is 38.1 Å². The second-order valence-corrected chi connectivity index (χ2v) is 5.31. The predicted molar refractivity (Wildman–Crippen MR) is 75.6 cm³/mol. The second kappa shape index (κ2) is 6.35. The first kappa shape index (κ1) is 13.6. The van der Waals surface area contributed by atoms with Crippen LogP contribution in [0.2, 0.25) is 0 Å². The SMILES string of the molecule is CCc1ccc(CC(N)C2CCOC2CC)cc1. The minimum absolute atomic E-state index is 0.227. The summed E-state index contributed by atoms with van der Waals surface area (Å²) < 4.78 is 5.73. The minimum Gasteiger partial charge on any atom is -0.378 e. The second-order valence-electron chi connectivity index (χ2n) is 5.31. The highest BCUT2D eigenvalue weighted by molar-refractivity contribution is 5.23. The topological polar surface area (TPSA) is 35.2 Å². The number of hydrogen-bond donors (Lipinski definition) is 1. The summed E-state index contributed by atoms with van der Waals surface area (Å²) in [7, 11) is 0. The Balaban J connectivity index is 1.95. The lowest BCUT2D eigenvalue weighted by Crippen LogP contribution is -2.36. The maximum Gasteiger partial charge on any atom is 0.0616 e. The van der Waals surface area contributed by atoms with Gasteiger partial charge in [0.05, 0.1) is 6.10 Å². The molecule has 1 aliphatic heterocycles. The monoisotopic (exact) mass is 247 g/mol. The molecule has 100 valence electrons. The van der Waals surface area contributed by atoms with E-state index < -0.39 is 0 Å². The van der Waals surface area contributed by atoms with Crippen LogP contribution in [-0.4, -0.2) is 18.8 Å². The van der Waals surface area contributed by atoms with Crippen molar-refractivity contribution in [3.63, 3.8) is 0 Å². The largest absolute Gasteiger partial charge is 0.378 e. The first-order chi connectivity index (χ1) is 8.74. The first-order valence-corrected chi connectivity index (χ1v) is 7.19. The standard InChI is InChI=1S/C16H25NO/c1-3-12-5-7-13(8-6-12)11-15(17)14-9-10-18-16(14)4-2/h5-8,14-16H,3-4,9-11,17H2,1-2H3. The van der Waals surface area contributed by atoms with Crippen molar-refractivity contribution in [2.24, 2.45) is 11.7 Å². The molecule has 18 heavy (non-hydrogen) atoms. The molecule has 1 aromatic carbocycles. The van der Waals surface area contributed by atoms with Gasteiger partial charge in [-0.25, -0.2) is 0 Å². The Labute approximate surface area is 111 Å². The zero-order valence-electron chi connectivity index (χ0n) is 11.6. The van der Waals surface area contributed by atoms with Crippen molar-refractivity contribution in [2.45, 2.75) is 51.7 Å². The van der Waals surface area contributed by atoms with Crippen LogP contribution in [-0.2, 0) is 17.6 Å². The third kappa shape index (κ3) is 3.12. The summed E-state index contributed by atoms with van der Waals surface area (Å²) in [5, 5.41) is 0. The van der Waals surface area contributed by atoms with Gasteiger partial charge >= 0.3 is 0 Å². The molecule has 0 aliphatic carbocycles. The van der Waals surface area contributed by atoms with Crippen LogP contribution in [0, 0.1) is 5.92 Å². The van der Waals surface area contributed by atoms with Crippen molar-refractivity contribution >= 4 is 0 Å².